The van der Waals surface area contributed by atoms with Gasteiger partial charge in [0.05, 0.1) is 22.4 Å². The lowest BCUT2D eigenvalue weighted by molar-refractivity contribution is -0.122. The van der Waals surface area contributed by atoms with Crippen molar-refractivity contribution in [2.24, 2.45) is 11.3 Å². The molecule has 2 aromatic rings. The third-order valence-electron chi connectivity index (χ3n) is 5.51. The Hall–Kier alpha value is -1.73. The SMILES string of the molecule is CC(C)(C)C1C[C@@H](C(=O)Nc2nn(-c3cccnc3)cc2Br)N(C(C)(C)C)C1. The van der Waals surface area contributed by atoms with Crippen LogP contribution in [0.25, 0.3) is 5.69 Å². The van der Waals surface area contributed by atoms with E-state index >= 15 is 0 Å². The number of likely N-dealkylation sites (tertiary alicyclic amines) is 1. The zero-order chi connectivity index (χ0) is 20.7. The zero-order valence-electron chi connectivity index (χ0n) is 17.5. The van der Waals surface area contributed by atoms with E-state index in [1.165, 1.54) is 0 Å². The Kier molecular flexibility index (Phi) is 5.69. The lowest BCUT2D eigenvalue weighted by Gasteiger charge is -2.36. The van der Waals surface area contributed by atoms with Crippen LogP contribution < -0.4 is 5.32 Å². The molecular formula is C21H30BrN5O. The minimum atomic E-state index is -0.167. The predicted octanol–water partition coefficient (Wildman–Crippen LogP) is 4.50. The fourth-order valence-electron chi connectivity index (χ4n) is 3.71. The van der Waals surface area contributed by atoms with Gasteiger partial charge in [0.15, 0.2) is 5.82 Å². The molecule has 1 aliphatic rings. The van der Waals surface area contributed by atoms with Crippen LogP contribution in [0.4, 0.5) is 5.82 Å². The quantitative estimate of drug-likeness (QED) is 0.751. The van der Waals surface area contributed by atoms with Crippen molar-refractivity contribution in [1.82, 2.24) is 19.7 Å². The molecule has 1 saturated heterocycles. The van der Waals surface area contributed by atoms with Crippen LogP contribution in [0.15, 0.2) is 35.2 Å². The summed E-state index contributed by atoms with van der Waals surface area (Å²) in [5, 5.41) is 7.56. The van der Waals surface area contributed by atoms with Gasteiger partial charge in [-0.2, -0.15) is 0 Å². The largest absolute Gasteiger partial charge is 0.307 e. The first-order valence-electron chi connectivity index (χ1n) is 9.70. The molecule has 2 aromatic heterocycles. The molecule has 1 N–H and O–H groups in total. The Bertz CT molecular complexity index is 835. The number of anilines is 1. The standard InChI is InChI=1S/C21H30BrN5O/c1-20(2,3)14-10-17(26(12-14)21(4,5)6)19(28)24-18-16(22)13-27(25-18)15-8-7-9-23-11-15/h7-9,11,13-14,17H,10,12H2,1-6H3,(H,24,25,28)/t14?,17-/m0/s1. The van der Waals surface area contributed by atoms with E-state index in [9.17, 15) is 4.79 Å². The van der Waals surface area contributed by atoms with Crippen LogP contribution in [0.2, 0.25) is 0 Å². The van der Waals surface area contributed by atoms with Crippen LogP contribution in [0, 0.1) is 11.3 Å². The molecule has 0 aliphatic carbocycles. The molecular weight excluding hydrogens is 418 g/mol. The minimum Gasteiger partial charge on any atom is -0.307 e. The van der Waals surface area contributed by atoms with Crippen LogP contribution in [-0.4, -0.2) is 43.7 Å². The molecule has 1 fully saturated rings. The van der Waals surface area contributed by atoms with Crippen molar-refractivity contribution in [3.05, 3.63) is 35.2 Å². The summed E-state index contributed by atoms with van der Waals surface area (Å²) in [5.74, 6) is 1.000. The van der Waals surface area contributed by atoms with Crippen LogP contribution in [-0.2, 0) is 4.79 Å². The van der Waals surface area contributed by atoms with Gasteiger partial charge in [-0.05, 0) is 66.6 Å². The second kappa shape index (κ2) is 7.59. The van der Waals surface area contributed by atoms with Crippen LogP contribution >= 0.6 is 15.9 Å². The number of rotatable bonds is 3. The Morgan fingerprint density at radius 2 is 1.96 bits per heavy atom. The maximum absolute atomic E-state index is 13.2. The van der Waals surface area contributed by atoms with Gasteiger partial charge in [0.1, 0.15) is 0 Å². The highest BCUT2D eigenvalue weighted by Crippen LogP contribution is 2.40. The molecule has 1 unspecified atom stereocenters. The fraction of sp³-hybridized carbons (Fsp3) is 0.571. The highest BCUT2D eigenvalue weighted by atomic mass is 79.9. The van der Waals surface area contributed by atoms with Gasteiger partial charge < -0.3 is 5.32 Å². The number of hydrogen-bond donors (Lipinski definition) is 1. The summed E-state index contributed by atoms with van der Waals surface area (Å²) < 4.78 is 2.46. The first kappa shape index (κ1) is 21.0. The van der Waals surface area contributed by atoms with Gasteiger partial charge in [0.2, 0.25) is 5.91 Å². The average Bonchev–Trinajstić information content (AvgIpc) is 3.20. The summed E-state index contributed by atoms with van der Waals surface area (Å²) in [6.45, 7) is 14.2. The highest BCUT2D eigenvalue weighted by Gasteiger charge is 2.45. The molecule has 0 spiro atoms. The molecule has 0 bridgehead atoms. The highest BCUT2D eigenvalue weighted by molar-refractivity contribution is 9.10. The molecule has 7 heteroatoms. The minimum absolute atomic E-state index is 0.00110. The van der Waals surface area contributed by atoms with E-state index in [0.717, 1.165) is 23.1 Å². The van der Waals surface area contributed by atoms with Gasteiger partial charge in [0.25, 0.3) is 0 Å². The van der Waals surface area contributed by atoms with E-state index in [4.69, 9.17) is 0 Å². The molecule has 28 heavy (non-hydrogen) atoms. The molecule has 2 atom stereocenters. The lowest BCUT2D eigenvalue weighted by Crippen LogP contribution is -2.49. The number of hydrogen-bond acceptors (Lipinski definition) is 4. The van der Waals surface area contributed by atoms with E-state index in [1.54, 1.807) is 17.1 Å². The second-order valence-corrected chi connectivity index (χ2v) is 10.5. The van der Waals surface area contributed by atoms with Gasteiger partial charge >= 0.3 is 0 Å². The number of carbonyl (C=O) groups excluding carboxylic acids is 1. The summed E-state index contributed by atoms with van der Waals surface area (Å²) in [6.07, 6.45) is 6.14. The van der Waals surface area contributed by atoms with Gasteiger partial charge in [-0.25, -0.2) is 4.68 Å². The topological polar surface area (TPSA) is 63.1 Å². The molecule has 152 valence electrons. The van der Waals surface area contributed by atoms with Crippen molar-refractivity contribution in [3.63, 3.8) is 0 Å². The normalized spacial score (nSPS) is 21.1. The summed E-state index contributed by atoms with van der Waals surface area (Å²) in [6, 6.07) is 3.61. The number of amides is 1. The van der Waals surface area contributed by atoms with Crippen molar-refractivity contribution in [1.29, 1.82) is 0 Å². The summed E-state index contributed by atoms with van der Waals surface area (Å²) in [7, 11) is 0. The zero-order valence-corrected chi connectivity index (χ0v) is 19.1. The van der Waals surface area contributed by atoms with Crippen molar-refractivity contribution in [3.8, 4) is 5.69 Å². The van der Waals surface area contributed by atoms with E-state index in [0.29, 0.717) is 11.7 Å². The first-order valence-corrected chi connectivity index (χ1v) is 10.5. The van der Waals surface area contributed by atoms with Crippen LogP contribution in [0.3, 0.4) is 0 Å². The summed E-state index contributed by atoms with van der Waals surface area (Å²) in [5.41, 5.74) is 0.934. The van der Waals surface area contributed by atoms with Gasteiger partial charge in [-0.3, -0.25) is 14.7 Å². The molecule has 3 rings (SSSR count). The number of pyridine rings is 1. The Balaban J connectivity index is 1.81. The lowest BCUT2D eigenvalue weighted by atomic mass is 9.79. The first-order chi connectivity index (χ1) is 13.0. The molecule has 6 nitrogen and oxygen atoms in total. The number of halogens is 1. The van der Waals surface area contributed by atoms with Gasteiger partial charge in [0, 0.05) is 24.5 Å². The summed E-state index contributed by atoms with van der Waals surface area (Å²) >= 11 is 3.52. The van der Waals surface area contributed by atoms with Crippen molar-refractivity contribution < 1.29 is 4.79 Å². The number of nitrogens with zero attached hydrogens (tertiary/aromatic N) is 4. The Labute approximate surface area is 175 Å². The monoisotopic (exact) mass is 447 g/mol. The smallest absolute Gasteiger partial charge is 0.242 e. The Morgan fingerprint density at radius 1 is 1.25 bits per heavy atom. The molecule has 0 radical (unpaired) electrons. The van der Waals surface area contributed by atoms with E-state index in [-0.39, 0.29) is 22.9 Å². The Morgan fingerprint density at radius 3 is 2.54 bits per heavy atom. The van der Waals surface area contributed by atoms with Gasteiger partial charge in [-0.15, -0.1) is 5.10 Å². The van der Waals surface area contributed by atoms with Crippen molar-refractivity contribution in [2.75, 3.05) is 11.9 Å². The summed E-state index contributed by atoms with van der Waals surface area (Å²) in [4.78, 5) is 19.7. The third kappa shape index (κ3) is 4.46. The van der Waals surface area contributed by atoms with E-state index in [1.807, 2.05) is 18.3 Å². The molecule has 3 heterocycles. The fourth-order valence-corrected chi connectivity index (χ4v) is 4.08. The maximum atomic E-state index is 13.2. The third-order valence-corrected chi connectivity index (χ3v) is 6.09. The van der Waals surface area contributed by atoms with Gasteiger partial charge in [-0.1, -0.05) is 20.8 Å². The molecule has 0 saturated carbocycles. The molecule has 1 amide bonds. The maximum Gasteiger partial charge on any atom is 0.242 e. The van der Waals surface area contributed by atoms with Crippen molar-refractivity contribution in [2.45, 2.75) is 59.5 Å². The second-order valence-electron chi connectivity index (χ2n) is 9.61. The molecule has 0 aromatic carbocycles. The van der Waals surface area contributed by atoms with Crippen molar-refractivity contribution >= 4 is 27.7 Å². The van der Waals surface area contributed by atoms with E-state index < -0.39 is 0 Å². The predicted molar refractivity (Wildman–Crippen MR) is 115 cm³/mol. The van der Waals surface area contributed by atoms with Crippen LogP contribution in [0.1, 0.15) is 48.0 Å². The average molecular weight is 448 g/mol. The number of aromatic nitrogens is 3. The van der Waals surface area contributed by atoms with Crippen LogP contribution in [0.5, 0.6) is 0 Å². The molecule has 1 aliphatic heterocycles. The number of nitrogens with one attached hydrogen (secondary N) is 1. The van der Waals surface area contributed by atoms with E-state index in [2.05, 4.69) is 77.8 Å². The number of carbonyl (C=O) groups is 1.